The van der Waals surface area contributed by atoms with E-state index in [-0.39, 0.29) is 12.1 Å². The molecule has 106 valence electrons. The smallest absolute Gasteiger partial charge is 0.166 e. The molecule has 0 saturated heterocycles. The van der Waals surface area contributed by atoms with E-state index in [0.29, 0.717) is 19.8 Å². The van der Waals surface area contributed by atoms with E-state index < -0.39 is 0 Å². The fraction of sp³-hybridized carbons (Fsp3) is 0.600. The van der Waals surface area contributed by atoms with Crippen LogP contribution in [0.25, 0.3) is 0 Å². The highest BCUT2D eigenvalue weighted by atomic mass is 16.6. The third-order valence-electron chi connectivity index (χ3n) is 3.02. The lowest BCUT2D eigenvalue weighted by Gasteiger charge is -2.26. The summed E-state index contributed by atoms with van der Waals surface area (Å²) in [7, 11) is 0. The lowest BCUT2D eigenvalue weighted by Crippen LogP contribution is -2.28. The Morgan fingerprint density at radius 2 is 2.05 bits per heavy atom. The first-order valence-electron chi connectivity index (χ1n) is 6.95. The molecule has 4 nitrogen and oxygen atoms in total. The first-order valence-corrected chi connectivity index (χ1v) is 6.95. The first-order chi connectivity index (χ1) is 9.22. The number of ether oxygens (including phenoxy) is 3. The second kappa shape index (κ2) is 6.78. The van der Waals surface area contributed by atoms with Crippen molar-refractivity contribution in [3.8, 4) is 11.5 Å². The molecule has 1 aromatic rings. The number of benzene rings is 1. The molecule has 1 heterocycles. The summed E-state index contributed by atoms with van der Waals surface area (Å²) in [6.07, 6.45) is 0.220. The predicted octanol–water partition coefficient (Wildman–Crippen LogP) is 2.53. The van der Waals surface area contributed by atoms with Gasteiger partial charge in [-0.3, -0.25) is 0 Å². The molecule has 0 aromatic heterocycles. The van der Waals surface area contributed by atoms with Gasteiger partial charge >= 0.3 is 0 Å². The van der Waals surface area contributed by atoms with E-state index in [1.807, 2.05) is 26.0 Å². The van der Waals surface area contributed by atoms with Gasteiger partial charge in [0.25, 0.3) is 0 Å². The molecule has 0 saturated carbocycles. The normalized spacial score (nSPS) is 15.6. The maximum Gasteiger partial charge on any atom is 0.166 e. The van der Waals surface area contributed by atoms with Gasteiger partial charge in [0, 0.05) is 5.56 Å². The number of hydrogen-bond donors (Lipinski definition) is 1. The summed E-state index contributed by atoms with van der Waals surface area (Å²) in [5, 5.41) is 3.44. The van der Waals surface area contributed by atoms with Crippen LogP contribution in [0.4, 0.5) is 0 Å². The van der Waals surface area contributed by atoms with E-state index in [1.54, 1.807) is 0 Å². The average Bonchev–Trinajstić information content (AvgIpc) is 2.43. The van der Waals surface area contributed by atoms with Gasteiger partial charge in [0.2, 0.25) is 0 Å². The molecule has 0 bridgehead atoms. The SMILES string of the molecule is CCNC(COC(C)C)c1cccc2c1OCCO2. The van der Waals surface area contributed by atoms with Crippen LogP contribution >= 0.6 is 0 Å². The summed E-state index contributed by atoms with van der Waals surface area (Å²) in [6.45, 7) is 8.92. The maximum absolute atomic E-state index is 5.77. The molecule has 0 spiro atoms. The van der Waals surface area contributed by atoms with Crippen LogP contribution in [-0.2, 0) is 4.74 Å². The molecule has 19 heavy (non-hydrogen) atoms. The first kappa shape index (κ1) is 14.2. The van der Waals surface area contributed by atoms with Crippen molar-refractivity contribution in [2.45, 2.75) is 32.9 Å². The van der Waals surface area contributed by atoms with E-state index in [1.165, 1.54) is 0 Å². The van der Waals surface area contributed by atoms with Gasteiger partial charge in [0.15, 0.2) is 11.5 Å². The number of rotatable bonds is 6. The minimum absolute atomic E-state index is 0.129. The number of fused-ring (bicyclic) bond motifs is 1. The summed E-state index contributed by atoms with van der Waals surface area (Å²) in [4.78, 5) is 0. The molecule has 1 unspecified atom stereocenters. The average molecular weight is 265 g/mol. The van der Waals surface area contributed by atoms with Crippen molar-refractivity contribution in [2.75, 3.05) is 26.4 Å². The number of para-hydroxylation sites is 1. The van der Waals surface area contributed by atoms with E-state index in [0.717, 1.165) is 23.6 Å². The molecule has 2 rings (SSSR count). The molecule has 0 aliphatic carbocycles. The van der Waals surface area contributed by atoms with Crippen molar-refractivity contribution >= 4 is 0 Å². The van der Waals surface area contributed by atoms with Gasteiger partial charge in [-0.2, -0.15) is 0 Å². The third kappa shape index (κ3) is 3.61. The Labute approximate surface area is 115 Å². The van der Waals surface area contributed by atoms with Gasteiger partial charge in [-0.1, -0.05) is 19.1 Å². The summed E-state index contributed by atoms with van der Waals surface area (Å²) >= 11 is 0. The van der Waals surface area contributed by atoms with Crippen LogP contribution in [0.5, 0.6) is 11.5 Å². The summed E-state index contributed by atoms with van der Waals surface area (Å²) < 4.78 is 17.1. The maximum atomic E-state index is 5.77. The molecule has 1 atom stereocenters. The quantitative estimate of drug-likeness (QED) is 0.858. The zero-order valence-corrected chi connectivity index (χ0v) is 11.9. The number of hydrogen-bond acceptors (Lipinski definition) is 4. The van der Waals surface area contributed by atoms with Crippen molar-refractivity contribution in [1.29, 1.82) is 0 Å². The van der Waals surface area contributed by atoms with Crippen molar-refractivity contribution in [3.05, 3.63) is 23.8 Å². The lowest BCUT2D eigenvalue weighted by atomic mass is 10.1. The molecule has 1 aliphatic rings. The van der Waals surface area contributed by atoms with Crippen LogP contribution in [0, 0.1) is 0 Å². The Morgan fingerprint density at radius 3 is 2.79 bits per heavy atom. The Kier molecular flexibility index (Phi) is 5.05. The van der Waals surface area contributed by atoms with Crippen molar-refractivity contribution in [2.24, 2.45) is 0 Å². The summed E-state index contributed by atoms with van der Waals surface area (Å²) in [5.74, 6) is 1.68. The lowest BCUT2D eigenvalue weighted by molar-refractivity contribution is 0.0601. The van der Waals surface area contributed by atoms with Crippen LogP contribution in [-0.4, -0.2) is 32.5 Å². The molecule has 1 N–H and O–H groups in total. The van der Waals surface area contributed by atoms with Crippen LogP contribution < -0.4 is 14.8 Å². The standard InChI is InChI=1S/C15H23NO3/c1-4-16-13(10-19-11(2)3)12-6-5-7-14-15(12)18-9-8-17-14/h5-7,11,13,16H,4,8-10H2,1-3H3. The summed E-state index contributed by atoms with van der Waals surface area (Å²) in [5.41, 5.74) is 1.11. The molecule has 0 amide bonds. The van der Waals surface area contributed by atoms with Gasteiger partial charge in [-0.05, 0) is 26.5 Å². The van der Waals surface area contributed by atoms with Crippen molar-refractivity contribution in [3.63, 3.8) is 0 Å². The highest BCUT2D eigenvalue weighted by molar-refractivity contribution is 5.49. The zero-order valence-electron chi connectivity index (χ0n) is 11.9. The van der Waals surface area contributed by atoms with E-state index in [2.05, 4.69) is 18.3 Å². The highest BCUT2D eigenvalue weighted by Gasteiger charge is 2.21. The minimum Gasteiger partial charge on any atom is -0.486 e. The Hall–Kier alpha value is -1.26. The Balaban J connectivity index is 2.20. The van der Waals surface area contributed by atoms with Crippen LogP contribution in [0.15, 0.2) is 18.2 Å². The van der Waals surface area contributed by atoms with E-state index >= 15 is 0 Å². The van der Waals surface area contributed by atoms with Gasteiger partial charge in [-0.25, -0.2) is 0 Å². The largest absolute Gasteiger partial charge is 0.486 e. The second-order valence-corrected chi connectivity index (χ2v) is 4.86. The van der Waals surface area contributed by atoms with Crippen molar-refractivity contribution in [1.82, 2.24) is 5.32 Å². The van der Waals surface area contributed by atoms with Gasteiger partial charge in [-0.15, -0.1) is 0 Å². The molecule has 1 aliphatic heterocycles. The molecule has 0 radical (unpaired) electrons. The molecular formula is C15H23NO3. The highest BCUT2D eigenvalue weighted by Crippen LogP contribution is 2.37. The van der Waals surface area contributed by atoms with E-state index in [4.69, 9.17) is 14.2 Å². The minimum atomic E-state index is 0.129. The van der Waals surface area contributed by atoms with Gasteiger partial charge in [0.05, 0.1) is 18.8 Å². The van der Waals surface area contributed by atoms with Crippen molar-refractivity contribution < 1.29 is 14.2 Å². The fourth-order valence-corrected chi connectivity index (χ4v) is 2.16. The topological polar surface area (TPSA) is 39.7 Å². The summed E-state index contributed by atoms with van der Waals surface area (Å²) in [6, 6.07) is 6.15. The van der Waals surface area contributed by atoms with E-state index in [9.17, 15) is 0 Å². The fourth-order valence-electron chi connectivity index (χ4n) is 2.16. The predicted molar refractivity (Wildman–Crippen MR) is 74.9 cm³/mol. The number of nitrogens with one attached hydrogen (secondary N) is 1. The number of likely N-dealkylation sites (N-methyl/N-ethyl adjacent to an activating group) is 1. The Bertz CT molecular complexity index is 406. The second-order valence-electron chi connectivity index (χ2n) is 4.86. The molecule has 0 fully saturated rings. The third-order valence-corrected chi connectivity index (χ3v) is 3.02. The van der Waals surface area contributed by atoms with Gasteiger partial charge in [0.1, 0.15) is 13.2 Å². The Morgan fingerprint density at radius 1 is 1.26 bits per heavy atom. The zero-order chi connectivity index (χ0) is 13.7. The molecular weight excluding hydrogens is 242 g/mol. The molecule has 1 aromatic carbocycles. The monoisotopic (exact) mass is 265 g/mol. The van der Waals surface area contributed by atoms with Crippen LogP contribution in [0.1, 0.15) is 32.4 Å². The van der Waals surface area contributed by atoms with Crippen LogP contribution in [0.2, 0.25) is 0 Å². The van der Waals surface area contributed by atoms with Crippen LogP contribution in [0.3, 0.4) is 0 Å². The van der Waals surface area contributed by atoms with Gasteiger partial charge < -0.3 is 19.5 Å². The molecule has 4 heteroatoms.